The minimum absolute atomic E-state index is 0.112. The molecule has 0 unspecified atom stereocenters. The third-order valence-electron chi connectivity index (χ3n) is 3.70. The summed E-state index contributed by atoms with van der Waals surface area (Å²) in [5.41, 5.74) is 1.97. The largest absolute Gasteiger partial charge is 0.392 e. The van der Waals surface area contributed by atoms with Gasteiger partial charge in [-0.05, 0) is 30.5 Å². The van der Waals surface area contributed by atoms with E-state index in [4.69, 9.17) is 5.84 Å². The smallest absolute Gasteiger partial charge is 0.338 e. The summed E-state index contributed by atoms with van der Waals surface area (Å²) in [6.07, 6.45) is 4.61. The van der Waals surface area contributed by atoms with Crippen LogP contribution in [0.3, 0.4) is 0 Å². The number of carbonyl (C=O) groups is 1. The molecule has 0 saturated heterocycles. The van der Waals surface area contributed by atoms with Crippen LogP contribution in [0.4, 0.5) is 4.79 Å². The van der Waals surface area contributed by atoms with E-state index in [1.54, 1.807) is 38.5 Å². The summed E-state index contributed by atoms with van der Waals surface area (Å²) in [4.78, 5) is 17.7. The third kappa shape index (κ3) is 3.91. The lowest BCUT2D eigenvalue weighted by Crippen LogP contribution is -2.45. The summed E-state index contributed by atoms with van der Waals surface area (Å²) < 4.78 is 0. The van der Waals surface area contributed by atoms with E-state index in [-0.39, 0.29) is 13.2 Å². The van der Waals surface area contributed by atoms with Crippen LogP contribution in [0.1, 0.15) is 18.5 Å². The molecule has 1 aromatic heterocycles. The maximum absolute atomic E-state index is 12.2. The first-order valence-electron chi connectivity index (χ1n) is 7.61. The number of rotatable bonds is 5. The van der Waals surface area contributed by atoms with Crippen molar-refractivity contribution in [1.82, 2.24) is 20.0 Å². The fourth-order valence-electron chi connectivity index (χ4n) is 2.50. The first kappa shape index (κ1) is 17.9. The number of nitrogens with two attached hydrogens (primary N) is 1. The molecule has 2 amide bonds. The van der Waals surface area contributed by atoms with Gasteiger partial charge in [0.15, 0.2) is 0 Å². The van der Waals surface area contributed by atoms with Gasteiger partial charge in [0.1, 0.15) is 0 Å². The van der Waals surface area contributed by atoms with Gasteiger partial charge >= 0.3 is 6.03 Å². The van der Waals surface area contributed by atoms with Gasteiger partial charge in [-0.25, -0.2) is 20.7 Å². The lowest BCUT2D eigenvalue weighted by atomic mass is 9.99. The Kier molecular flexibility index (Phi) is 5.91. The lowest BCUT2D eigenvalue weighted by Gasteiger charge is -2.32. The highest BCUT2D eigenvalue weighted by molar-refractivity contribution is 5.76. The first-order chi connectivity index (χ1) is 11.5. The Morgan fingerprint density at radius 3 is 2.71 bits per heavy atom. The molecule has 1 heterocycles. The highest BCUT2D eigenvalue weighted by atomic mass is 16.5. The lowest BCUT2D eigenvalue weighted by molar-refractivity contribution is -0.0666. The summed E-state index contributed by atoms with van der Waals surface area (Å²) in [7, 11) is 3.18. The second-order valence-corrected chi connectivity index (χ2v) is 5.66. The molecule has 1 aliphatic rings. The van der Waals surface area contributed by atoms with Crippen LogP contribution in [0.15, 0.2) is 47.4 Å². The summed E-state index contributed by atoms with van der Waals surface area (Å²) in [5, 5.41) is 22.1. The monoisotopic (exact) mass is 333 g/mol. The number of amides is 2. The van der Waals surface area contributed by atoms with E-state index < -0.39 is 6.03 Å². The van der Waals surface area contributed by atoms with Crippen LogP contribution in [0.25, 0.3) is 0 Å². The number of carbonyl (C=O) groups excluding carboxylic acids is 1. The number of hydrogen-bond acceptors (Lipinski definition) is 6. The standard InChI is InChI=1S/C16H23N5O3/c1-19(2)16(23)21(17)14-8-5-6-12(11-22)15(14)20(24)10-13-7-3-4-9-18-13/h3-4,7-9,22,24H,5-6,10-11,17H2,1-2H3. The van der Waals surface area contributed by atoms with E-state index in [9.17, 15) is 15.1 Å². The van der Waals surface area contributed by atoms with Crippen LogP contribution < -0.4 is 5.84 Å². The van der Waals surface area contributed by atoms with Crippen molar-refractivity contribution in [2.24, 2.45) is 5.84 Å². The van der Waals surface area contributed by atoms with E-state index in [1.165, 1.54) is 4.90 Å². The Morgan fingerprint density at radius 2 is 2.12 bits per heavy atom. The quantitative estimate of drug-likeness (QED) is 0.422. The average Bonchev–Trinajstić information content (AvgIpc) is 2.60. The van der Waals surface area contributed by atoms with Crippen LogP contribution >= 0.6 is 0 Å². The van der Waals surface area contributed by atoms with Gasteiger partial charge in [0.25, 0.3) is 0 Å². The second kappa shape index (κ2) is 7.91. The molecule has 4 N–H and O–H groups in total. The molecule has 1 aromatic rings. The predicted octanol–water partition coefficient (Wildman–Crippen LogP) is 1.05. The normalized spacial score (nSPS) is 14.3. The molecule has 0 aliphatic heterocycles. The van der Waals surface area contributed by atoms with Gasteiger partial charge < -0.3 is 10.0 Å². The Hall–Kier alpha value is -2.42. The van der Waals surface area contributed by atoms with E-state index >= 15 is 0 Å². The molecule has 0 radical (unpaired) electrons. The van der Waals surface area contributed by atoms with Crippen LogP contribution in [-0.4, -0.2) is 57.0 Å². The van der Waals surface area contributed by atoms with E-state index in [2.05, 4.69) is 4.98 Å². The number of nitrogens with zero attached hydrogens (tertiary/aromatic N) is 4. The molecule has 0 atom stereocenters. The Morgan fingerprint density at radius 1 is 1.38 bits per heavy atom. The Labute approximate surface area is 141 Å². The highest BCUT2D eigenvalue weighted by Crippen LogP contribution is 2.29. The van der Waals surface area contributed by atoms with Gasteiger partial charge in [0, 0.05) is 20.3 Å². The molecule has 130 valence electrons. The molecule has 0 bridgehead atoms. The number of urea groups is 1. The summed E-state index contributed by atoms with van der Waals surface area (Å²) >= 11 is 0. The molecule has 8 nitrogen and oxygen atoms in total. The van der Waals surface area contributed by atoms with Gasteiger partial charge in [-0.3, -0.25) is 10.2 Å². The number of hydrazine groups is 1. The predicted molar refractivity (Wildman–Crippen MR) is 88.1 cm³/mol. The number of pyridine rings is 1. The fraction of sp³-hybridized carbons (Fsp3) is 0.375. The van der Waals surface area contributed by atoms with E-state index in [1.807, 2.05) is 6.07 Å². The van der Waals surface area contributed by atoms with Gasteiger partial charge in [0.05, 0.1) is 30.2 Å². The summed E-state index contributed by atoms with van der Waals surface area (Å²) in [6.45, 7) is -0.114. The van der Waals surface area contributed by atoms with Crippen molar-refractivity contribution in [3.8, 4) is 0 Å². The van der Waals surface area contributed by atoms with E-state index in [0.717, 1.165) is 10.1 Å². The van der Waals surface area contributed by atoms with Crippen molar-refractivity contribution in [1.29, 1.82) is 0 Å². The molecule has 0 saturated carbocycles. The minimum Gasteiger partial charge on any atom is -0.392 e. The molecule has 24 heavy (non-hydrogen) atoms. The van der Waals surface area contributed by atoms with Crippen LogP contribution in [0.5, 0.6) is 0 Å². The van der Waals surface area contributed by atoms with E-state index in [0.29, 0.717) is 35.5 Å². The summed E-state index contributed by atoms with van der Waals surface area (Å²) in [5.74, 6) is 5.94. The number of allylic oxidation sites excluding steroid dienone is 1. The SMILES string of the molecule is CN(C)C(=O)N(N)C1=CCCC(CO)=C1N(O)Cc1ccccn1. The van der Waals surface area contributed by atoms with Gasteiger partial charge in [-0.15, -0.1) is 0 Å². The van der Waals surface area contributed by atoms with Gasteiger partial charge in [-0.1, -0.05) is 12.1 Å². The fourth-order valence-corrected chi connectivity index (χ4v) is 2.50. The van der Waals surface area contributed by atoms with Crippen molar-refractivity contribution in [2.75, 3.05) is 20.7 Å². The van der Waals surface area contributed by atoms with Crippen LogP contribution in [0, 0.1) is 0 Å². The molecule has 8 heteroatoms. The number of hydrogen-bond donors (Lipinski definition) is 3. The average molecular weight is 333 g/mol. The number of hydroxylamine groups is 2. The molecule has 2 rings (SSSR count). The second-order valence-electron chi connectivity index (χ2n) is 5.66. The molecule has 0 fully saturated rings. The number of aliphatic hydroxyl groups is 1. The Balaban J connectivity index is 2.31. The van der Waals surface area contributed by atoms with Gasteiger partial charge in [0.2, 0.25) is 0 Å². The highest BCUT2D eigenvalue weighted by Gasteiger charge is 2.27. The van der Waals surface area contributed by atoms with Crippen molar-refractivity contribution in [3.05, 3.63) is 53.1 Å². The third-order valence-corrected chi connectivity index (χ3v) is 3.70. The Bertz CT molecular complexity index is 642. The first-order valence-corrected chi connectivity index (χ1v) is 7.61. The number of aromatic nitrogens is 1. The van der Waals surface area contributed by atoms with Crippen molar-refractivity contribution < 1.29 is 15.1 Å². The van der Waals surface area contributed by atoms with Crippen LogP contribution in [0.2, 0.25) is 0 Å². The maximum atomic E-state index is 12.2. The van der Waals surface area contributed by atoms with Crippen molar-refractivity contribution >= 4 is 6.03 Å². The zero-order chi connectivity index (χ0) is 17.7. The van der Waals surface area contributed by atoms with Crippen molar-refractivity contribution in [3.63, 3.8) is 0 Å². The summed E-state index contributed by atoms with van der Waals surface area (Å²) in [6, 6.07) is 4.95. The molecule has 0 spiro atoms. The van der Waals surface area contributed by atoms with Crippen molar-refractivity contribution in [2.45, 2.75) is 19.4 Å². The topological polar surface area (TPSA) is 106 Å². The maximum Gasteiger partial charge on any atom is 0.338 e. The molecule has 1 aliphatic carbocycles. The molecule has 0 aromatic carbocycles. The molecular formula is C16H23N5O3. The minimum atomic E-state index is -0.427. The zero-order valence-electron chi connectivity index (χ0n) is 13.9. The zero-order valence-corrected chi connectivity index (χ0v) is 13.9. The number of aliphatic hydroxyl groups excluding tert-OH is 1. The molecular weight excluding hydrogens is 310 g/mol. The van der Waals surface area contributed by atoms with Crippen LogP contribution in [-0.2, 0) is 6.54 Å². The van der Waals surface area contributed by atoms with Gasteiger partial charge in [-0.2, -0.15) is 0 Å².